The van der Waals surface area contributed by atoms with E-state index in [2.05, 4.69) is 15.5 Å². The van der Waals surface area contributed by atoms with E-state index in [0.717, 1.165) is 5.69 Å². The molecule has 0 fully saturated rings. The molecule has 2 aromatic carbocycles. The van der Waals surface area contributed by atoms with Crippen LogP contribution in [0.1, 0.15) is 25.7 Å². The van der Waals surface area contributed by atoms with Gasteiger partial charge in [-0.2, -0.15) is 0 Å². The lowest BCUT2D eigenvalue weighted by Crippen LogP contribution is -2.23. The molecule has 0 radical (unpaired) electrons. The van der Waals surface area contributed by atoms with E-state index in [-0.39, 0.29) is 17.8 Å². The van der Waals surface area contributed by atoms with E-state index in [0.29, 0.717) is 28.2 Å². The number of hydrogen-bond donors (Lipinski definition) is 1. The number of nitrogens with zero attached hydrogens (tertiary/aromatic N) is 4. The van der Waals surface area contributed by atoms with E-state index >= 15 is 0 Å². The minimum Gasteiger partial charge on any atom is -0.497 e. The average molecular weight is 474 g/mol. The SMILES string of the molecule is COc1cc(NC(=O)[C@H](C)Sc2nnc([C@H](C)N(C)C)n2-c2ccc(F)cc2)cc(OC)c1. The molecule has 176 valence electrons. The number of benzene rings is 2. The molecule has 0 aliphatic carbocycles. The van der Waals surface area contributed by atoms with E-state index < -0.39 is 5.25 Å². The molecular formula is C23H28FN5O3S. The van der Waals surface area contributed by atoms with Crippen molar-refractivity contribution in [3.8, 4) is 17.2 Å². The van der Waals surface area contributed by atoms with Crippen LogP contribution in [-0.2, 0) is 4.79 Å². The number of rotatable bonds is 9. The van der Waals surface area contributed by atoms with Crippen LogP contribution in [0.4, 0.5) is 10.1 Å². The molecule has 0 unspecified atom stereocenters. The number of ether oxygens (including phenoxy) is 2. The summed E-state index contributed by atoms with van der Waals surface area (Å²) >= 11 is 1.27. The number of carbonyl (C=O) groups is 1. The summed E-state index contributed by atoms with van der Waals surface area (Å²) in [7, 11) is 6.99. The van der Waals surface area contributed by atoms with Crippen molar-refractivity contribution in [2.24, 2.45) is 0 Å². The Balaban J connectivity index is 1.86. The number of anilines is 1. The number of hydrogen-bond acceptors (Lipinski definition) is 7. The Morgan fingerprint density at radius 2 is 1.67 bits per heavy atom. The summed E-state index contributed by atoms with van der Waals surface area (Å²) in [6.45, 7) is 3.79. The fraction of sp³-hybridized carbons (Fsp3) is 0.348. The molecular weight excluding hydrogens is 445 g/mol. The van der Waals surface area contributed by atoms with Crippen molar-refractivity contribution in [1.29, 1.82) is 0 Å². The first kappa shape index (κ1) is 24.5. The van der Waals surface area contributed by atoms with Crippen LogP contribution < -0.4 is 14.8 Å². The summed E-state index contributed by atoms with van der Waals surface area (Å²) in [6, 6.07) is 11.2. The topological polar surface area (TPSA) is 81.5 Å². The molecule has 1 amide bonds. The lowest BCUT2D eigenvalue weighted by Gasteiger charge is -2.21. The van der Waals surface area contributed by atoms with Gasteiger partial charge < -0.3 is 14.8 Å². The highest BCUT2D eigenvalue weighted by atomic mass is 32.2. The number of thioether (sulfide) groups is 1. The van der Waals surface area contributed by atoms with Gasteiger partial charge in [-0.25, -0.2) is 4.39 Å². The molecule has 10 heteroatoms. The molecule has 33 heavy (non-hydrogen) atoms. The number of carbonyl (C=O) groups excluding carboxylic acids is 1. The van der Waals surface area contributed by atoms with Crippen LogP contribution in [0, 0.1) is 5.82 Å². The normalized spacial score (nSPS) is 13.0. The molecule has 1 N–H and O–H groups in total. The van der Waals surface area contributed by atoms with Gasteiger partial charge in [-0.1, -0.05) is 11.8 Å². The van der Waals surface area contributed by atoms with E-state index in [1.165, 1.54) is 23.9 Å². The van der Waals surface area contributed by atoms with Gasteiger partial charge in [0.2, 0.25) is 5.91 Å². The lowest BCUT2D eigenvalue weighted by atomic mass is 10.2. The third-order valence-electron chi connectivity index (χ3n) is 5.16. The molecule has 0 saturated heterocycles. The maximum atomic E-state index is 13.5. The summed E-state index contributed by atoms with van der Waals surface area (Å²) in [6.07, 6.45) is 0. The van der Waals surface area contributed by atoms with Gasteiger partial charge in [0.25, 0.3) is 0 Å². The molecule has 0 bridgehead atoms. The molecule has 3 rings (SSSR count). The number of aromatic nitrogens is 3. The second-order valence-electron chi connectivity index (χ2n) is 7.64. The van der Waals surface area contributed by atoms with Crippen molar-refractivity contribution in [3.63, 3.8) is 0 Å². The lowest BCUT2D eigenvalue weighted by molar-refractivity contribution is -0.115. The summed E-state index contributed by atoms with van der Waals surface area (Å²) in [5, 5.41) is 11.6. The Kier molecular flexibility index (Phi) is 7.93. The fourth-order valence-corrected chi connectivity index (χ4v) is 3.90. The molecule has 0 aliphatic rings. The number of nitrogens with one attached hydrogen (secondary N) is 1. The molecule has 3 aromatic rings. The molecule has 8 nitrogen and oxygen atoms in total. The van der Waals surface area contributed by atoms with Crippen molar-refractivity contribution >= 4 is 23.4 Å². The number of methoxy groups -OCH3 is 2. The van der Waals surface area contributed by atoms with Gasteiger partial charge in [-0.05, 0) is 52.2 Å². The second-order valence-corrected chi connectivity index (χ2v) is 8.95. The molecule has 0 saturated carbocycles. The standard InChI is InChI=1S/C23H28FN5O3S/c1-14(28(3)4)21-26-27-23(29(21)18-9-7-16(24)8-10-18)33-15(2)22(30)25-17-11-19(31-5)13-20(12-17)32-6/h7-15H,1-6H3,(H,25,30)/t14-,15-/m0/s1. The smallest absolute Gasteiger partial charge is 0.237 e. The van der Waals surface area contributed by atoms with Crippen LogP contribution in [0.5, 0.6) is 11.5 Å². The third kappa shape index (κ3) is 5.82. The predicted octanol–water partition coefficient (Wildman–Crippen LogP) is 4.17. The first-order chi connectivity index (χ1) is 15.7. The molecule has 1 aromatic heterocycles. The van der Waals surface area contributed by atoms with Gasteiger partial charge in [0.15, 0.2) is 11.0 Å². The largest absolute Gasteiger partial charge is 0.497 e. The fourth-order valence-electron chi connectivity index (χ4n) is 3.03. The Labute approximate surface area is 197 Å². The Bertz CT molecular complexity index is 1080. The molecule has 0 spiro atoms. The minimum absolute atomic E-state index is 0.0507. The Morgan fingerprint density at radius 1 is 1.06 bits per heavy atom. The van der Waals surface area contributed by atoms with Crippen LogP contribution in [0.25, 0.3) is 5.69 Å². The highest BCUT2D eigenvalue weighted by Gasteiger charge is 2.24. The number of amides is 1. The van der Waals surface area contributed by atoms with E-state index in [1.54, 1.807) is 51.5 Å². The van der Waals surface area contributed by atoms with Crippen molar-refractivity contribution in [3.05, 3.63) is 54.1 Å². The summed E-state index contributed by atoms with van der Waals surface area (Å²) in [5.41, 5.74) is 1.28. The van der Waals surface area contributed by atoms with Gasteiger partial charge in [-0.15, -0.1) is 10.2 Å². The van der Waals surface area contributed by atoms with E-state index in [9.17, 15) is 9.18 Å². The zero-order valence-corrected chi connectivity index (χ0v) is 20.3. The third-order valence-corrected chi connectivity index (χ3v) is 6.20. The van der Waals surface area contributed by atoms with Crippen molar-refractivity contribution in [2.75, 3.05) is 33.6 Å². The van der Waals surface area contributed by atoms with E-state index in [4.69, 9.17) is 9.47 Å². The van der Waals surface area contributed by atoms with Crippen molar-refractivity contribution in [2.45, 2.75) is 30.3 Å². The maximum absolute atomic E-state index is 13.5. The minimum atomic E-state index is -0.492. The quantitative estimate of drug-likeness (QED) is 0.467. The zero-order valence-electron chi connectivity index (χ0n) is 19.5. The Hall–Kier alpha value is -3.11. The molecule has 2 atom stereocenters. The maximum Gasteiger partial charge on any atom is 0.237 e. The highest BCUT2D eigenvalue weighted by Crippen LogP contribution is 2.31. The van der Waals surface area contributed by atoms with Crippen LogP contribution in [-0.4, -0.2) is 59.1 Å². The van der Waals surface area contributed by atoms with Crippen molar-refractivity contribution in [1.82, 2.24) is 19.7 Å². The van der Waals surface area contributed by atoms with Crippen LogP contribution in [0.2, 0.25) is 0 Å². The summed E-state index contributed by atoms with van der Waals surface area (Å²) in [4.78, 5) is 14.9. The summed E-state index contributed by atoms with van der Waals surface area (Å²) < 4.78 is 25.9. The van der Waals surface area contributed by atoms with Crippen LogP contribution in [0.3, 0.4) is 0 Å². The van der Waals surface area contributed by atoms with Crippen molar-refractivity contribution < 1.29 is 18.7 Å². The van der Waals surface area contributed by atoms with Crippen LogP contribution >= 0.6 is 11.8 Å². The predicted molar refractivity (Wildman–Crippen MR) is 127 cm³/mol. The molecule has 1 heterocycles. The van der Waals surface area contributed by atoms with Gasteiger partial charge in [0.05, 0.1) is 25.5 Å². The van der Waals surface area contributed by atoms with Gasteiger partial charge in [0.1, 0.15) is 17.3 Å². The van der Waals surface area contributed by atoms with E-state index in [1.807, 2.05) is 30.5 Å². The monoisotopic (exact) mass is 473 g/mol. The van der Waals surface area contributed by atoms with Gasteiger partial charge >= 0.3 is 0 Å². The zero-order chi connectivity index (χ0) is 24.1. The average Bonchev–Trinajstić information content (AvgIpc) is 3.21. The first-order valence-corrected chi connectivity index (χ1v) is 11.2. The second kappa shape index (κ2) is 10.7. The highest BCUT2D eigenvalue weighted by molar-refractivity contribution is 8.00. The summed E-state index contributed by atoms with van der Waals surface area (Å²) in [5.74, 6) is 1.29. The number of halogens is 1. The van der Waals surface area contributed by atoms with Crippen LogP contribution in [0.15, 0.2) is 47.6 Å². The first-order valence-electron chi connectivity index (χ1n) is 10.3. The van der Waals surface area contributed by atoms with Gasteiger partial charge in [0, 0.05) is 29.6 Å². The molecule has 0 aliphatic heterocycles. The Morgan fingerprint density at radius 3 is 2.21 bits per heavy atom. The van der Waals surface area contributed by atoms with Gasteiger partial charge in [-0.3, -0.25) is 14.3 Å².